The van der Waals surface area contributed by atoms with Gasteiger partial charge < -0.3 is 5.32 Å². The first kappa shape index (κ1) is 12.7. The molecule has 1 unspecified atom stereocenters. The lowest BCUT2D eigenvalue weighted by molar-refractivity contribution is 0.0935. The minimum atomic E-state index is -0.100. The Hall–Kier alpha value is -0.800. The summed E-state index contributed by atoms with van der Waals surface area (Å²) in [6, 6.07) is 5.52. The van der Waals surface area contributed by atoms with Crippen LogP contribution in [0.5, 0.6) is 0 Å². The van der Waals surface area contributed by atoms with Crippen LogP contribution in [-0.4, -0.2) is 11.9 Å². The van der Waals surface area contributed by atoms with E-state index < -0.39 is 0 Å². The fourth-order valence-electron chi connectivity index (χ4n) is 1.86. The Morgan fingerprint density at radius 3 is 2.94 bits per heavy atom. The molecule has 0 aromatic heterocycles. The number of benzene rings is 1. The number of nitrogens with one attached hydrogen (secondary N) is 1. The fourth-order valence-corrected chi connectivity index (χ4v) is 2.42. The van der Waals surface area contributed by atoms with Crippen LogP contribution in [0.2, 0.25) is 5.02 Å². The highest BCUT2D eigenvalue weighted by atomic mass is 79.9. The minimum absolute atomic E-state index is 0.100. The molecule has 0 heterocycles. The Bertz CT molecular complexity index is 459. The van der Waals surface area contributed by atoms with Gasteiger partial charge in [-0.1, -0.05) is 39.7 Å². The van der Waals surface area contributed by atoms with Crippen molar-refractivity contribution in [1.29, 1.82) is 0 Å². The zero-order chi connectivity index (χ0) is 12.3. The second-order valence-corrected chi connectivity index (χ2v) is 5.40. The maximum atomic E-state index is 12.0. The number of carbonyl (C=O) groups is 1. The molecule has 1 amide bonds. The summed E-state index contributed by atoms with van der Waals surface area (Å²) in [5.74, 6) is -0.100. The number of halogens is 2. The van der Waals surface area contributed by atoms with Gasteiger partial charge in [-0.2, -0.15) is 0 Å². The Morgan fingerprint density at radius 2 is 2.24 bits per heavy atom. The zero-order valence-electron chi connectivity index (χ0n) is 9.25. The third kappa shape index (κ3) is 3.33. The number of hydrogen-bond donors (Lipinski definition) is 1. The molecule has 2 nitrogen and oxygen atoms in total. The lowest BCUT2D eigenvalue weighted by atomic mass is 10.0. The molecule has 0 spiro atoms. The zero-order valence-corrected chi connectivity index (χ0v) is 11.6. The quantitative estimate of drug-likeness (QED) is 0.823. The van der Waals surface area contributed by atoms with E-state index in [2.05, 4.69) is 33.4 Å². The molecule has 0 aliphatic heterocycles. The van der Waals surface area contributed by atoms with Crippen molar-refractivity contribution in [2.45, 2.75) is 25.3 Å². The van der Waals surface area contributed by atoms with Crippen molar-refractivity contribution in [2.75, 3.05) is 0 Å². The Kier molecular flexibility index (Phi) is 4.24. The summed E-state index contributed by atoms with van der Waals surface area (Å²) >= 11 is 9.35. The van der Waals surface area contributed by atoms with Gasteiger partial charge in [0.2, 0.25) is 0 Å². The van der Waals surface area contributed by atoms with Crippen LogP contribution in [0, 0.1) is 0 Å². The van der Waals surface area contributed by atoms with E-state index in [1.54, 1.807) is 12.1 Å². The summed E-state index contributed by atoms with van der Waals surface area (Å²) in [6.07, 6.45) is 7.17. The van der Waals surface area contributed by atoms with Gasteiger partial charge in [0.15, 0.2) is 0 Å². The van der Waals surface area contributed by atoms with E-state index in [0.717, 1.165) is 23.7 Å². The van der Waals surface area contributed by atoms with Gasteiger partial charge in [0, 0.05) is 10.5 Å². The molecular weight excluding hydrogens is 302 g/mol. The number of carbonyl (C=O) groups excluding carboxylic acids is 1. The summed E-state index contributed by atoms with van der Waals surface area (Å²) in [4.78, 5) is 12.0. The van der Waals surface area contributed by atoms with Crippen molar-refractivity contribution in [3.63, 3.8) is 0 Å². The van der Waals surface area contributed by atoms with Crippen molar-refractivity contribution in [3.8, 4) is 0 Å². The smallest absolute Gasteiger partial charge is 0.253 e. The Morgan fingerprint density at radius 1 is 1.41 bits per heavy atom. The van der Waals surface area contributed by atoms with E-state index in [1.807, 2.05) is 6.07 Å². The van der Waals surface area contributed by atoms with Gasteiger partial charge in [-0.05, 0) is 37.5 Å². The SMILES string of the molecule is O=C(NC1CC=CCC1)c1cc(Br)ccc1Cl. The van der Waals surface area contributed by atoms with Gasteiger partial charge in [-0.3, -0.25) is 4.79 Å². The third-order valence-electron chi connectivity index (χ3n) is 2.78. The van der Waals surface area contributed by atoms with Gasteiger partial charge in [0.05, 0.1) is 10.6 Å². The van der Waals surface area contributed by atoms with Crippen molar-refractivity contribution < 1.29 is 4.79 Å². The van der Waals surface area contributed by atoms with Crippen LogP contribution in [-0.2, 0) is 0 Å². The second kappa shape index (κ2) is 5.69. The molecule has 90 valence electrons. The van der Waals surface area contributed by atoms with E-state index in [-0.39, 0.29) is 11.9 Å². The first-order chi connectivity index (χ1) is 8.16. The molecule has 1 aromatic carbocycles. The number of hydrogen-bond acceptors (Lipinski definition) is 1. The lowest BCUT2D eigenvalue weighted by Gasteiger charge is -2.19. The topological polar surface area (TPSA) is 29.1 Å². The highest BCUT2D eigenvalue weighted by Gasteiger charge is 2.16. The molecule has 1 N–H and O–H groups in total. The third-order valence-corrected chi connectivity index (χ3v) is 3.60. The minimum Gasteiger partial charge on any atom is -0.349 e. The standard InChI is InChI=1S/C13H13BrClNO/c14-9-6-7-12(15)11(8-9)13(17)16-10-4-2-1-3-5-10/h1-2,6-8,10H,3-5H2,(H,16,17). The van der Waals surface area contributed by atoms with Crippen molar-refractivity contribution in [2.24, 2.45) is 0 Å². The van der Waals surface area contributed by atoms with Crippen LogP contribution in [0.15, 0.2) is 34.8 Å². The second-order valence-electron chi connectivity index (χ2n) is 4.08. The van der Waals surface area contributed by atoms with Gasteiger partial charge in [-0.15, -0.1) is 0 Å². The molecule has 1 aliphatic rings. The predicted molar refractivity (Wildman–Crippen MR) is 73.4 cm³/mol. The predicted octanol–water partition coefficient (Wildman–Crippen LogP) is 3.94. The molecule has 0 bridgehead atoms. The highest BCUT2D eigenvalue weighted by molar-refractivity contribution is 9.10. The Balaban J connectivity index is 2.08. The van der Waals surface area contributed by atoms with Crippen LogP contribution in [0.3, 0.4) is 0 Å². The average Bonchev–Trinajstić information content (AvgIpc) is 2.33. The van der Waals surface area contributed by atoms with E-state index in [1.165, 1.54) is 0 Å². The Labute approximate surface area is 114 Å². The van der Waals surface area contributed by atoms with E-state index in [9.17, 15) is 4.79 Å². The average molecular weight is 315 g/mol. The van der Waals surface area contributed by atoms with E-state index >= 15 is 0 Å². The molecule has 0 saturated heterocycles. The monoisotopic (exact) mass is 313 g/mol. The first-order valence-electron chi connectivity index (χ1n) is 5.58. The van der Waals surface area contributed by atoms with Crippen molar-refractivity contribution in [3.05, 3.63) is 45.4 Å². The number of allylic oxidation sites excluding steroid dienone is 1. The van der Waals surface area contributed by atoms with Gasteiger partial charge in [0.25, 0.3) is 5.91 Å². The first-order valence-corrected chi connectivity index (χ1v) is 6.75. The van der Waals surface area contributed by atoms with Gasteiger partial charge in [0.1, 0.15) is 0 Å². The van der Waals surface area contributed by atoms with Crippen LogP contribution >= 0.6 is 27.5 Å². The molecule has 1 atom stereocenters. The highest BCUT2D eigenvalue weighted by Crippen LogP contribution is 2.21. The summed E-state index contributed by atoms with van der Waals surface area (Å²) in [6.45, 7) is 0. The van der Waals surface area contributed by atoms with Gasteiger partial charge in [-0.25, -0.2) is 0 Å². The summed E-state index contributed by atoms with van der Waals surface area (Å²) < 4.78 is 0.857. The normalized spacial score (nSPS) is 19.1. The molecular formula is C13H13BrClNO. The summed E-state index contributed by atoms with van der Waals surface area (Å²) in [5, 5.41) is 3.49. The molecule has 0 fully saturated rings. The number of amides is 1. The van der Waals surface area contributed by atoms with E-state index in [0.29, 0.717) is 10.6 Å². The van der Waals surface area contributed by atoms with Crippen LogP contribution in [0.25, 0.3) is 0 Å². The lowest BCUT2D eigenvalue weighted by Crippen LogP contribution is -2.35. The number of rotatable bonds is 2. The molecule has 17 heavy (non-hydrogen) atoms. The molecule has 0 saturated carbocycles. The molecule has 2 rings (SSSR count). The molecule has 1 aromatic rings. The summed E-state index contributed by atoms with van der Waals surface area (Å²) in [7, 11) is 0. The van der Waals surface area contributed by atoms with Crippen molar-refractivity contribution >= 4 is 33.4 Å². The summed E-state index contributed by atoms with van der Waals surface area (Å²) in [5.41, 5.74) is 0.524. The van der Waals surface area contributed by atoms with E-state index in [4.69, 9.17) is 11.6 Å². The fraction of sp³-hybridized carbons (Fsp3) is 0.308. The maximum absolute atomic E-state index is 12.0. The van der Waals surface area contributed by atoms with Gasteiger partial charge >= 0.3 is 0 Å². The molecule has 1 aliphatic carbocycles. The van der Waals surface area contributed by atoms with Crippen LogP contribution in [0.1, 0.15) is 29.6 Å². The molecule has 4 heteroatoms. The largest absolute Gasteiger partial charge is 0.349 e. The van der Waals surface area contributed by atoms with Crippen molar-refractivity contribution in [1.82, 2.24) is 5.32 Å². The maximum Gasteiger partial charge on any atom is 0.253 e. The van der Waals surface area contributed by atoms with Crippen LogP contribution < -0.4 is 5.32 Å². The van der Waals surface area contributed by atoms with Crippen LogP contribution in [0.4, 0.5) is 0 Å². The molecule has 0 radical (unpaired) electrons.